The number of rotatable bonds is 4. The number of carbonyl (C=O) groups is 1. The van der Waals surface area contributed by atoms with Crippen molar-refractivity contribution >= 4 is 12.1 Å². The predicted octanol–water partition coefficient (Wildman–Crippen LogP) is 0.440. The zero-order valence-electron chi connectivity index (χ0n) is 10.8. The zero-order chi connectivity index (χ0) is 13.0. The summed E-state index contributed by atoms with van der Waals surface area (Å²) in [5, 5.41) is 0. The molecule has 1 saturated heterocycles. The number of hydrogen-bond donors (Lipinski definition) is 0. The van der Waals surface area contributed by atoms with Crippen LogP contribution in [-0.2, 0) is 0 Å². The minimum Gasteiger partial charge on any atom is -0.464 e. The van der Waals surface area contributed by atoms with Crippen molar-refractivity contribution in [2.75, 3.05) is 44.7 Å². The summed E-state index contributed by atoms with van der Waals surface area (Å²) in [5.41, 5.74) is 0.363. The van der Waals surface area contributed by atoms with Gasteiger partial charge in [0.1, 0.15) is 11.5 Å². The highest BCUT2D eigenvalue weighted by atomic mass is 16.5. The van der Waals surface area contributed by atoms with E-state index < -0.39 is 0 Å². The van der Waals surface area contributed by atoms with E-state index >= 15 is 0 Å². The van der Waals surface area contributed by atoms with Crippen LogP contribution in [-0.4, -0.2) is 61.0 Å². The summed E-state index contributed by atoms with van der Waals surface area (Å²) >= 11 is 0. The van der Waals surface area contributed by atoms with E-state index in [0.29, 0.717) is 12.3 Å². The van der Waals surface area contributed by atoms with Gasteiger partial charge in [0, 0.05) is 32.2 Å². The van der Waals surface area contributed by atoms with Gasteiger partial charge < -0.3 is 14.5 Å². The third-order valence-electron chi connectivity index (χ3n) is 2.93. The predicted molar refractivity (Wildman–Crippen MR) is 68.3 cm³/mol. The summed E-state index contributed by atoms with van der Waals surface area (Å²) in [7, 11) is 2.10. The van der Waals surface area contributed by atoms with Crippen LogP contribution in [0.25, 0.3) is 0 Å². The Kier molecular flexibility index (Phi) is 4.09. The van der Waals surface area contributed by atoms with Crippen LogP contribution < -0.4 is 9.64 Å². The number of piperazine rings is 1. The molecule has 0 aliphatic carbocycles. The maximum absolute atomic E-state index is 10.9. The second-order valence-corrected chi connectivity index (χ2v) is 4.27. The molecule has 1 aliphatic heterocycles. The highest BCUT2D eigenvalue weighted by molar-refractivity contribution is 5.73. The van der Waals surface area contributed by atoms with Gasteiger partial charge in [0.25, 0.3) is 0 Å². The fourth-order valence-corrected chi connectivity index (χ4v) is 1.88. The molecule has 0 atom stereocenters. The second-order valence-electron chi connectivity index (χ2n) is 4.27. The van der Waals surface area contributed by atoms with Crippen LogP contribution >= 0.6 is 0 Å². The van der Waals surface area contributed by atoms with Crippen molar-refractivity contribution < 1.29 is 9.53 Å². The molecule has 0 radical (unpaired) electrons. The third kappa shape index (κ3) is 2.95. The minimum absolute atomic E-state index is 0.274. The van der Waals surface area contributed by atoms with Gasteiger partial charge >= 0.3 is 6.01 Å². The Hall–Kier alpha value is -1.69. The average molecular weight is 250 g/mol. The summed E-state index contributed by atoms with van der Waals surface area (Å²) in [6.45, 7) is 6.14. The molecule has 0 saturated carbocycles. The molecule has 6 nitrogen and oxygen atoms in total. The largest absolute Gasteiger partial charge is 0.464 e. The van der Waals surface area contributed by atoms with E-state index in [2.05, 4.69) is 26.8 Å². The van der Waals surface area contributed by atoms with Crippen molar-refractivity contribution in [1.82, 2.24) is 14.9 Å². The van der Waals surface area contributed by atoms with E-state index in [-0.39, 0.29) is 6.01 Å². The molecule has 1 fully saturated rings. The minimum atomic E-state index is 0.274. The first-order valence-electron chi connectivity index (χ1n) is 6.13. The van der Waals surface area contributed by atoms with E-state index in [1.54, 1.807) is 6.07 Å². The van der Waals surface area contributed by atoms with E-state index in [1.165, 1.54) is 0 Å². The number of hydrogen-bond acceptors (Lipinski definition) is 6. The van der Waals surface area contributed by atoms with E-state index in [4.69, 9.17) is 4.74 Å². The fraction of sp³-hybridized carbons (Fsp3) is 0.583. The summed E-state index contributed by atoms with van der Waals surface area (Å²) in [6.07, 6.45) is 0.726. The number of nitrogens with zero attached hydrogens (tertiary/aromatic N) is 4. The van der Waals surface area contributed by atoms with E-state index in [9.17, 15) is 4.79 Å². The van der Waals surface area contributed by atoms with Gasteiger partial charge in [0.2, 0.25) is 0 Å². The van der Waals surface area contributed by atoms with Crippen molar-refractivity contribution in [1.29, 1.82) is 0 Å². The normalized spacial score (nSPS) is 16.7. The van der Waals surface area contributed by atoms with E-state index in [0.717, 1.165) is 38.3 Å². The molecule has 0 spiro atoms. The molecular weight excluding hydrogens is 232 g/mol. The highest BCUT2D eigenvalue weighted by Gasteiger charge is 2.17. The van der Waals surface area contributed by atoms with Crippen molar-refractivity contribution in [3.05, 3.63) is 11.8 Å². The van der Waals surface area contributed by atoms with Gasteiger partial charge in [-0.05, 0) is 14.0 Å². The Bertz CT molecular complexity index is 417. The number of likely N-dealkylation sites (N-methyl/N-ethyl adjacent to an activating group) is 1. The Balaban J connectivity index is 2.20. The van der Waals surface area contributed by atoms with Crippen LogP contribution in [0.5, 0.6) is 6.01 Å². The van der Waals surface area contributed by atoms with Gasteiger partial charge in [-0.1, -0.05) is 0 Å². The smallest absolute Gasteiger partial charge is 0.319 e. The Morgan fingerprint density at radius 2 is 2.06 bits per heavy atom. The molecule has 1 aliphatic rings. The molecule has 6 heteroatoms. The third-order valence-corrected chi connectivity index (χ3v) is 2.93. The molecule has 2 heterocycles. The van der Waals surface area contributed by atoms with Gasteiger partial charge in [-0.25, -0.2) is 0 Å². The molecular formula is C12H18N4O2. The van der Waals surface area contributed by atoms with Gasteiger partial charge in [0.15, 0.2) is 6.29 Å². The molecule has 1 aromatic rings. The Labute approximate surface area is 107 Å². The topological polar surface area (TPSA) is 58.6 Å². The quantitative estimate of drug-likeness (QED) is 0.723. The second kappa shape index (κ2) is 5.77. The summed E-state index contributed by atoms with van der Waals surface area (Å²) < 4.78 is 5.28. The molecule has 0 N–H and O–H groups in total. The first kappa shape index (κ1) is 12.8. The van der Waals surface area contributed by atoms with Crippen LogP contribution in [0.4, 0.5) is 5.82 Å². The van der Waals surface area contributed by atoms with Crippen LogP contribution in [0.3, 0.4) is 0 Å². The highest BCUT2D eigenvalue weighted by Crippen LogP contribution is 2.17. The van der Waals surface area contributed by atoms with Gasteiger partial charge in [-0.3, -0.25) is 4.79 Å². The number of anilines is 1. The molecule has 0 bridgehead atoms. The standard InChI is InChI=1S/C12H18N4O2/c1-3-18-12-13-10(9-17)8-11(14-12)16-6-4-15(2)5-7-16/h8-9H,3-7H2,1-2H3. The molecule has 2 rings (SSSR count). The molecule has 0 aromatic carbocycles. The maximum Gasteiger partial charge on any atom is 0.319 e. The first-order valence-corrected chi connectivity index (χ1v) is 6.13. The van der Waals surface area contributed by atoms with Crippen LogP contribution in [0.15, 0.2) is 6.07 Å². The lowest BCUT2D eigenvalue weighted by Gasteiger charge is -2.33. The summed E-state index contributed by atoms with van der Waals surface area (Å²) in [6, 6.07) is 1.98. The Morgan fingerprint density at radius 3 is 2.67 bits per heavy atom. The van der Waals surface area contributed by atoms with Crippen molar-refractivity contribution in [3.63, 3.8) is 0 Å². The lowest BCUT2D eigenvalue weighted by molar-refractivity contribution is 0.111. The number of aldehydes is 1. The lowest BCUT2D eigenvalue weighted by Crippen LogP contribution is -2.44. The van der Waals surface area contributed by atoms with Crippen LogP contribution in [0.1, 0.15) is 17.4 Å². The van der Waals surface area contributed by atoms with Gasteiger partial charge in [0.05, 0.1) is 6.61 Å². The first-order chi connectivity index (χ1) is 8.72. The van der Waals surface area contributed by atoms with Crippen molar-refractivity contribution in [3.8, 4) is 6.01 Å². The SMILES string of the molecule is CCOc1nc(C=O)cc(N2CCN(C)CC2)n1. The molecule has 0 unspecified atom stereocenters. The molecule has 1 aromatic heterocycles. The summed E-state index contributed by atoms with van der Waals surface area (Å²) in [5.74, 6) is 0.767. The molecule has 98 valence electrons. The maximum atomic E-state index is 10.9. The monoisotopic (exact) mass is 250 g/mol. The molecule has 18 heavy (non-hydrogen) atoms. The lowest BCUT2D eigenvalue weighted by atomic mass is 10.3. The number of carbonyl (C=O) groups excluding carboxylic acids is 1. The van der Waals surface area contributed by atoms with Crippen molar-refractivity contribution in [2.24, 2.45) is 0 Å². The van der Waals surface area contributed by atoms with E-state index in [1.807, 2.05) is 6.92 Å². The molecule has 0 amide bonds. The van der Waals surface area contributed by atoms with Gasteiger partial charge in [-0.2, -0.15) is 9.97 Å². The number of aromatic nitrogens is 2. The zero-order valence-corrected chi connectivity index (χ0v) is 10.8. The van der Waals surface area contributed by atoms with Crippen molar-refractivity contribution in [2.45, 2.75) is 6.92 Å². The Morgan fingerprint density at radius 1 is 1.33 bits per heavy atom. The number of ether oxygens (including phenoxy) is 1. The summed E-state index contributed by atoms with van der Waals surface area (Å²) in [4.78, 5) is 23.6. The van der Waals surface area contributed by atoms with Gasteiger partial charge in [-0.15, -0.1) is 0 Å². The van der Waals surface area contributed by atoms with Crippen LogP contribution in [0.2, 0.25) is 0 Å². The fourth-order valence-electron chi connectivity index (χ4n) is 1.88. The average Bonchev–Trinajstić information content (AvgIpc) is 2.39. The van der Waals surface area contributed by atoms with Crippen LogP contribution in [0, 0.1) is 0 Å².